The Kier molecular flexibility index (Phi) is 2.48. The van der Waals surface area contributed by atoms with Gasteiger partial charge in [0.05, 0.1) is 0 Å². The van der Waals surface area contributed by atoms with E-state index in [4.69, 9.17) is 0 Å². The van der Waals surface area contributed by atoms with Crippen LogP contribution >= 0.6 is 11.3 Å². The Morgan fingerprint density at radius 3 is 2.24 bits per heavy atom. The van der Waals surface area contributed by atoms with E-state index < -0.39 is 0 Å². The summed E-state index contributed by atoms with van der Waals surface area (Å²) in [5, 5.41) is 8.19. The summed E-state index contributed by atoms with van der Waals surface area (Å²) < 4.78 is 5.07. The summed E-state index contributed by atoms with van der Waals surface area (Å²) in [6.45, 7) is 0. The molecule has 0 spiro atoms. The molecule has 2 aromatic heterocycles. The molecule has 4 aromatic carbocycles. The maximum Gasteiger partial charge on any atom is 0.0496 e. The van der Waals surface area contributed by atoms with Gasteiger partial charge in [-0.2, -0.15) is 0 Å². The topological polar surface area (TPSA) is 4.93 Å². The van der Waals surface area contributed by atoms with Gasteiger partial charge in [-0.1, -0.05) is 48.5 Å². The van der Waals surface area contributed by atoms with Gasteiger partial charge in [0, 0.05) is 49.0 Å². The molecule has 0 aliphatic heterocycles. The Morgan fingerprint density at radius 2 is 1.32 bits per heavy atom. The van der Waals surface area contributed by atoms with Gasteiger partial charge in [0.15, 0.2) is 0 Å². The summed E-state index contributed by atoms with van der Waals surface area (Å²) in [4.78, 5) is 0. The van der Waals surface area contributed by atoms with Gasteiger partial charge in [-0.05, 0) is 35.0 Å². The van der Waals surface area contributed by atoms with E-state index in [1.54, 1.807) is 0 Å². The summed E-state index contributed by atoms with van der Waals surface area (Å²) >= 11 is 1.89. The highest BCUT2D eigenvalue weighted by atomic mass is 32.1. The van der Waals surface area contributed by atoms with Crippen molar-refractivity contribution in [3.63, 3.8) is 0 Å². The first-order valence-corrected chi connectivity index (χ1v) is 9.35. The molecule has 0 radical (unpaired) electrons. The molecule has 0 aliphatic carbocycles. The van der Waals surface area contributed by atoms with Crippen molar-refractivity contribution in [3.05, 3.63) is 72.8 Å². The molecule has 1 nitrogen and oxygen atoms in total. The third-order valence-corrected chi connectivity index (χ3v) is 6.54. The average molecular weight is 337 g/mol. The number of aryl methyl sites for hydroxylation is 1. The molecule has 0 unspecified atom stereocenters. The fourth-order valence-corrected chi connectivity index (χ4v) is 5.38. The number of fused-ring (bicyclic) bond motifs is 9. The van der Waals surface area contributed by atoms with Gasteiger partial charge >= 0.3 is 0 Å². The minimum absolute atomic E-state index is 1.30. The molecule has 0 bridgehead atoms. The predicted octanol–water partition coefficient (Wildman–Crippen LogP) is 6.85. The maximum atomic E-state index is 2.34. The lowest BCUT2D eigenvalue weighted by Crippen LogP contribution is -1.85. The number of nitrogens with zero attached hydrogens (tertiary/aromatic N) is 1. The smallest absolute Gasteiger partial charge is 0.0496 e. The van der Waals surface area contributed by atoms with Crippen LogP contribution in [-0.2, 0) is 7.05 Å². The Morgan fingerprint density at radius 1 is 0.600 bits per heavy atom. The largest absolute Gasteiger partial charge is 0.344 e. The zero-order chi connectivity index (χ0) is 16.5. The number of aromatic nitrogens is 1. The second-order valence-corrected chi connectivity index (χ2v) is 7.75. The van der Waals surface area contributed by atoms with Crippen LogP contribution in [0.1, 0.15) is 0 Å². The van der Waals surface area contributed by atoms with Gasteiger partial charge in [-0.3, -0.25) is 0 Å². The SMILES string of the molecule is Cn1c2ccc3ccccc3c2c2c3c(ccc21)sc1ccccc13. The molecule has 0 aliphatic rings. The van der Waals surface area contributed by atoms with Gasteiger partial charge < -0.3 is 4.57 Å². The van der Waals surface area contributed by atoms with E-state index in [1.807, 2.05) is 11.3 Å². The van der Waals surface area contributed by atoms with Gasteiger partial charge in [0.1, 0.15) is 0 Å². The van der Waals surface area contributed by atoms with Crippen LogP contribution in [0.2, 0.25) is 0 Å². The van der Waals surface area contributed by atoms with Crippen molar-refractivity contribution < 1.29 is 0 Å². The average Bonchev–Trinajstić information content (AvgIpc) is 3.17. The van der Waals surface area contributed by atoms with E-state index in [-0.39, 0.29) is 0 Å². The van der Waals surface area contributed by atoms with Gasteiger partial charge in [-0.15, -0.1) is 11.3 Å². The van der Waals surface area contributed by atoms with E-state index in [0.29, 0.717) is 0 Å². The fourth-order valence-electron chi connectivity index (χ4n) is 4.27. The molecule has 118 valence electrons. The molecule has 0 atom stereocenters. The summed E-state index contributed by atoms with van der Waals surface area (Å²) in [6.07, 6.45) is 0. The van der Waals surface area contributed by atoms with Crippen LogP contribution in [0.5, 0.6) is 0 Å². The molecule has 6 aromatic rings. The highest BCUT2D eigenvalue weighted by molar-refractivity contribution is 7.26. The fraction of sp³-hybridized carbons (Fsp3) is 0.0435. The molecule has 2 heterocycles. The number of hydrogen-bond donors (Lipinski definition) is 0. The first-order chi connectivity index (χ1) is 12.3. The van der Waals surface area contributed by atoms with Crippen LogP contribution in [0, 0.1) is 0 Å². The van der Waals surface area contributed by atoms with E-state index in [9.17, 15) is 0 Å². The third kappa shape index (κ3) is 1.62. The van der Waals surface area contributed by atoms with Crippen molar-refractivity contribution in [3.8, 4) is 0 Å². The molecule has 2 heteroatoms. The van der Waals surface area contributed by atoms with Gasteiger partial charge in [0.2, 0.25) is 0 Å². The molecule has 0 N–H and O–H groups in total. The quantitative estimate of drug-likeness (QED) is 0.285. The van der Waals surface area contributed by atoms with Crippen molar-refractivity contribution in [1.29, 1.82) is 0 Å². The highest BCUT2D eigenvalue weighted by Crippen LogP contribution is 2.43. The molecular formula is C23H15NS. The van der Waals surface area contributed by atoms with Crippen molar-refractivity contribution in [2.24, 2.45) is 7.05 Å². The normalized spacial score (nSPS) is 12.2. The maximum absolute atomic E-state index is 2.34. The summed E-state index contributed by atoms with van der Waals surface area (Å²) in [5.41, 5.74) is 2.61. The lowest BCUT2D eigenvalue weighted by atomic mass is 10.0. The standard InChI is InChI=1S/C23H15NS/c1-24-17-11-10-14-6-2-3-7-15(14)21(17)23-18(24)12-13-20-22(23)16-8-4-5-9-19(16)25-20/h2-13H,1H3. The zero-order valence-electron chi connectivity index (χ0n) is 13.8. The Bertz CT molecular complexity index is 1450. The number of hydrogen-bond acceptors (Lipinski definition) is 1. The molecule has 0 amide bonds. The molecule has 0 saturated heterocycles. The summed E-state index contributed by atoms with van der Waals surface area (Å²) in [7, 11) is 2.18. The van der Waals surface area contributed by atoms with E-state index in [2.05, 4.69) is 84.4 Å². The minimum Gasteiger partial charge on any atom is -0.344 e. The lowest BCUT2D eigenvalue weighted by Gasteiger charge is -2.01. The van der Waals surface area contributed by atoms with Crippen molar-refractivity contribution in [1.82, 2.24) is 4.57 Å². The van der Waals surface area contributed by atoms with Gasteiger partial charge in [-0.25, -0.2) is 0 Å². The first-order valence-electron chi connectivity index (χ1n) is 8.53. The zero-order valence-corrected chi connectivity index (χ0v) is 14.6. The second kappa shape index (κ2) is 4.62. The molecule has 0 saturated carbocycles. The van der Waals surface area contributed by atoms with Crippen LogP contribution < -0.4 is 0 Å². The minimum atomic E-state index is 1.30. The van der Waals surface area contributed by atoms with E-state index in [0.717, 1.165) is 0 Å². The van der Waals surface area contributed by atoms with Gasteiger partial charge in [0.25, 0.3) is 0 Å². The highest BCUT2D eigenvalue weighted by Gasteiger charge is 2.16. The second-order valence-electron chi connectivity index (χ2n) is 6.67. The predicted molar refractivity (Wildman–Crippen MR) is 111 cm³/mol. The lowest BCUT2D eigenvalue weighted by molar-refractivity contribution is 1.02. The molecular weight excluding hydrogens is 322 g/mol. The van der Waals surface area contributed by atoms with Crippen LogP contribution in [-0.4, -0.2) is 4.57 Å². The van der Waals surface area contributed by atoms with E-state index >= 15 is 0 Å². The molecule has 25 heavy (non-hydrogen) atoms. The van der Waals surface area contributed by atoms with Crippen molar-refractivity contribution >= 4 is 64.1 Å². The Labute approximate surface area is 148 Å². The van der Waals surface area contributed by atoms with Crippen LogP contribution in [0.15, 0.2) is 72.8 Å². The summed E-state index contributed by atoms with van der Waals surface area (Å²) in [5.74, 6) is 0. The number of rotatable bonds is 0. The van der Waals surface area contributed by atoms with Crippen molar-refractivity contribution in [2.45, 2.75) is 0 Å². The number of benzene rings is 4. The monoisotopic (exact) mass is 337 g/mol. The molecule has 0 fully saturated rings. The van der Waals surface area contributed by atoms with E-state index in [1.165, 1.54) is 52.8 Å². The first kappa shape index (κ1) is 13.5. The molecule has 6 rings (SSSR count). The summed E-state index contributed by atoms with van der Waals surface area (Å²) in [6, 6.07) is 26.6. The van der Waals surface area contributed by atoms with Crippen molar-refractivity contribution in [2.75, 3.05) is 0 Å². The number of thiophene rings is 1. The Hall–Kier alpha value is -2.84. The Balaban J connectivity index is 2.04. The van der Waals surface area contributed by atoms with Crippen LogP contribution in [0.25, 0.3) is 52.8 Å². The van der Waals surface area contributed by atoms with Crippen LogP contribution in [0.3, 0.4) is 0 Å². The third-order valence-electron chi connectivity index (χ3n) is 5.40. The van der Waals surface area contributed by atoms with Crippen LogP contribution in [0.4, 0.5) is 0 Å².